The second kappa shape index (κ2) is 8.31. The minimum absolute atomic E-state index is 0.0825. The highest BCUT2D eigenvalue weighted by Gasteiger charge is 2.14. The predicted octanol–water partition coefficient (Wildman–Crippen LogP) is 2.29. The van der Waals surface area contributed by atoms with E-state index in [1.165, 1.54) is 4.57 Å². The number of nitrogens with one attached hydrogen (secondary N) is 1. The van der Waals surface area contributed by atoms with Crippen molar-refractivity contribution in [2.45, 2.75) is 19.5 Å². The van der Waals surface area contributed by atoms with Gasteiger partial charge in [0.2, 0.25) is 5.91 Å². The van der Waals surface area contributed by atoms with Gasteiger partial charge in [-0.2, -0.15) is 0 Å². The van der Waals surface area contributed by atoms with Crippen LogP contribution in [0, 0.1) is 0 Å². The second-order valence-corrected chi connectivity index (χ2v) is 6.23. The summed E-state index contributed by atoms with van der Waals surface area (Å²) in [7, 11) is 0. The zero-order valence-electron chi connectivity index (χ0n) is 14.9. The first kappa shape index (κ1) is 18.4. The van der Waals surface area contributed by atoms with Crippen molar-refractivity contribution < 1.29 is 4.79 Å². The molecule has 0 saturated carbocycles. The molecule has 0 unspecified atom stereocenters. The molecule has 1 amide bonds. The Balaban J connectivity index is 1.80. The van der Waals surface area contributed by atoms with Crippen molar-refractivity contribution in [3.8, 4) is 0 Å². The third-order valence-corrected chi connectivity index (χ3v) is 4.37. The molecule has 0 spiro atoms. The fourth-order valence-electron chi connectivity index (χ4n) is 3.04. The molecule has 0 bridgehead atoms. The fraction of sp³-hybridized carbons (Fsp3) is 0.190. The van der Waals surface area contributed by atoms with Gasteiger partial charge in [-0.05, 0) is 17.7 Å². The number of rotatable bonds is 7. The molecule has 1 heterocycles. The molecule has 3 rings (SSSR count). The van der Waals surface area contributed by atoms with Crippen molar-refractivity contribution in [3.63, 3.8) is 0 Å². The average molecular weight is 363 g/mol. The quantitative estimate of drug-likeness (QED) is 0.655. The number of hydrogen-bond donors (Lipinski definition) is 1. The fourth-order valence-corrected chi connectivity index (χ4v) is 3.04. The van der Waals surface area contributed by atoms with Crippen LogP contribution in [0.2, 0.25) is 0 Å². The molecule has 27 heavy (non-hydrogen) atoms. The second-order valence-electron chi connectivity index (χ2n) is 6.23. The van der Waals surface area contributed by atoms with Crippen LogP contribution in [0.5, 0.6) is 0 Å². The predicted molar refractivity (Wildman–Crippen MR) is 106 cm³/mol. The van der Waals surface area contributed by atoms with Crippen molar-refractivity contribution in [3.05, 3.63) is 93.7 Å². The van der Waals surface area contributed by atoms with Gasteiger partial charge in [-0.15, -0.1) is 6.58 Å². The summed E-state index contributed by atoms with van der Waals surface area (Å²) in [6, 6.07) is 16.6. The number of amides is 1. The van der Waals surface area contributed by atoms with E-state index in [0.29, 0.717) is 24.0 Å². The average Bonchev–Trinajstić information content (AvgIpc) is 2.68. The summed E-state index contributed by atoms with van der Waals surface area (Å²) in [5, 5.41) is 0.428. The summed E-state index contributed by atoms with van der Waals surface area (Å²) in [6.07, 6.45) is 1.83. The van der Waals surface area contributed by atoms with E-state index in [-0.39, 0.29) is 18.9 Å². The Morgan fingerprint density at radius 1 is 1.07 bits per heavy atom. The van der Waals surface area contributed by atoms with E-state index in [4.69, 9.17) is 0 Å². The molecule has 2 aromatic carbocycles. The highest BCUT2D eigenvalue weighted by Crippen LogP contribution is 2.10. The maximum Gasteiger partial charge on any atom is 0.328 e. The maximum absolute atomic E-state index is 12.7. The van der Waals surface area contributed by atoms with Gasteiger partial charge in [0.15, 0.2) is 0 Å². The number of aromatic amines is 1. The number of carbonyl (C=O) groups excluding carboxylic acids is 1. The van der Waals surface area contributed by atoms with Gasteiger partial charge in [-0.3, -0.25) is 19.1 Å². The van der Waals surface area contributed by atoms with Crippen LogP contribution in [0.15, 0.2) is 76.8 Å². The molecule has 0 atom stereocenters. The molecule has 6 nitrogen and oxygen atoms in total. The van der Waals surface area contributed by atoms with Gasteiger partial charge in [0.25, 0.3) is 5.56 Å². The molecule has 0 radical (unpaired) electrons. The Bertz CT molecular complexity index is 1070. The van der Waals surface area contributed by atoms with Gasteiger partial charge in [0.05, 0.1) is 10.9 Å². The van der Waals surface area contributed by atoms with E-state index in [0.717, 1.165) is 5.56 Å². The SMILES string of the molecule is C=CCN(Cc1ccccc1)C(=O)CCn1c(=O)[nH]c(=O)c2ccccc21. The minimum Gasteiger partial charge on any atom is -0.335 e. The third-order valence-electron chi connectivity index (χ3n) is 4.37. The number of aryl methyl sites for hydroxylation is 1. The van der Waals surface area contributed by atoms with Crippen LogP contribution in [-0.4, -0.2) is 26.9 Å². The van der Waals surface area contributed by atoms with E-state index < -0.39 is 11.2 Å². The van der Waals surface area contributed by atoms with Crippen LogP contribution in [0.4, 0.5) is 0 Å². The molecule has 0 aliphatic carbocycles. The molecule has 1 N–H and O–H groups in total. The van der Waals surface area contributed by atoms with E-state index >= 15 is 0 Å². The lowest BCUT2D eigenvalue weighted by molar-refractivity contribution is -0.131. The normalized spacial score (nSPS) is 10.7. The van der Waals surface area contributed by atoms with Gasteiger partial charge >= 0.3 is 5.69 Å². The molecular formula is C21H21N3O3. The van der Waals surface area contributed by atoms with Crippen molar-refractivity contribution in [2.24, 2.45) is 0 Å². The Kier molecular flexibility index (Phi) is 5.66. The van der Waals surface area contributed by atoms with E-state index in [9.17, 15) is 14.4 Å². The standard InChI is InChI=1S/C21H21N3O3/c1-2-13-23(15-16-8-4-3-5-9-16)19(25)12-14-24-18-11-7-6-10-17(18)20(26)22-21(24)27/h2-11H,1,12-15H2,(H,22,26,27). The lowest BCUT2D eigenvalue weighted by atomic mass is 10.2. The maximum atomic E-state index is 12.7. The molecule has 6 heteroatoms. The smallest absolute Gasteiger partial charge is 0.328 e. The summed E-state index contributed by atoms with van der Waals surface area (Å²) in [6.45, 7) is 4.82. The molecule has 0 saturated heterocycles. The van der Waals surface area contributed by atoms with Crippen LogP contribution in [0.1, 0.15) is 12.0 Å². The Hall–Kier alpha value is -3.41. The summed E-state index contributed by atoms with van der Waals surface area (Å²) >= 11 is 0. The topological polar surface area (TPSA) is 75.2 Å². The van der Waals surface area contributed by atoms with E-state index in [2.05, 4.69) is 11.6 Å². The first-order valence-electron chi connectivity index (χ1n) is 8.74. The highest BCUT2D eigenvalue weighted by molar-refractivity contribution is 5.79. The molecule has 0 aliphatic heterocycles. The van der Waals surface area contributed by atoms with Gasteiger partial charge in [-0.1, -0.05) is 48.5 Å². The zero-order valence-corrected chi connectivity index (χ0v) is 14.9. The summed E-state index contributed by atoms with van der Waals surface area (Å²) in [5.74, 6) is -0.0825. The van der Waals surface area contributed by atoms with Crippen LogP contribution >= 0.6 is 0 Å². The minimum atomic E-state index is -0.509. The molecule has 0 aliphatic rings. The Labute approximate surface area is 156 Å². The first-order valence-corrected chi connectivity index (χ1v) is 8.74. The number of hydrogen-bond acceptors (Lipinski definition) is 3. The van der Waals surface area contributed by atoms with Crippen molar-refractivity contribution >= 4 is 16.8 Å². The molecule has 0 fully saturated rings. The van der Waals surface area contributed by atoms with Crippen LogP contribution in [-0.2, 0) is 17.9 Å². The molecular weight excluding hydrogens is 342 g/mol. The van der Waals surface area contributed by atoms with Gasteiger partial charge in [0, 0.05) is 26.1 Å². The largest absolute Gasteiger partial charge is 0.335 e. The Morgan fingerprint density at radius 3 is 2.52 bits per heavy atom. The summed E-state index contributed by atoms with van der Waals surface area (Å²) in [4.78, 5) is 40.9. The zero-order chi connectivity index (χ0) is 19.2. The van der Waals surface area contributed by atoms with E-state index in [1.807, 2.05) is 30.3 Å². The van der Waals surface area contributed by atoms with Crippen LogP contribution < -0.4 is 11.2 Å². The Morgan fingerprint density at radius 2 is 1.78 bits per heavy atom. The number of aromatic nitrogens is 2. The number of fused-ring (bicyclic) bond motifs is 1. The molecule has 138 valence electrons. The molecule has 3 aromatic rings. The number of para-hydroxylation sites is 1. The van der Waals surface area contributed by atoms with Crippen LogP contribution in [0.3, 0.4) is 0 Å². The first-order chi connectivity index (χ1) is 13.1. The van der Waals surface area contributed by atoms with Gasteiger partial charge in [-0.25, -0.2) is 4.79 Å². The lowest BCUT2D eigenvalue weighted by Gasteiger charge is -2.21. The van der Waals surface area contributed by atoms with Crippen molar-refractivity contribution in [1.82, 2.24) is 14.5 Å². The number of carbonyl (C=O) groups is 1. The number of benzene rings is 2. The third kappa shape index (κ3) is 4.23. The molecule has 1 aromatic heterocycles. The highest BCUT2D eigenvalue weighted by atomic mass is 16.2. The number of H-pyrrole nitrogens is 1. The van der Waals surface area contributed by atoms with Crippen LogP contribution in [0.25, 0.3) is 10.9 Å². The van der Waals surface area contributed by atoms with E-state index in [1.54, 1.807) is 35.2 Å². The number of nitrogens with zero attached hydrogens (tertiary/aromatic N) is 2. The van der Waals surface area contributed by atoms with Gasteiger partial charge < -0.3 is 4.90 Å². The van der Waals surface area contributed by atoms with Crippen molar-refractivity contribution in [1.29, 1.82) is 0 Å². The monoisotopic (exact) mass is 363 g/mol. The lowest BCUT2D eigenvalue weighted by Crippen LogP contribution is -2.34. The summed E-state index contributed by atoms with van der Waals surface area (Å²) in [5.41, 5.74) is 0.622. The summed E-state index contributed by atoms with van der Waals surface area (Å²) < 4.78 is 1.43. The van der Waals surface area contributed by atoms with Crippen molar-refractivity contribution in [2.75, 3.05) is 6.54 Å². The van der Waals surface area contributed by atoms with Gasteiger partial charge in [0.1, 0.15) is 0 Å².